The molecule has 12 heavy (non-hydrogen) atoms. The maximum absolute atomic E-state index is 5.48. The number of aromatic nitrogens is 2. The molecule has 1 aromatic rings. The molecule has 4 heteroatoms. The van der Waals surface area contributed by atoms with E-state index in [1.54, 1.807) is 6.20 Å². The fourth-order valence-corrected chi connectivity index (χ4v) is 1.05. The Labute approximate surface area is 77.8 Å². The molecular formula is C8H13N3S. The first-order valence-corrected chi connectivity index (χ1v) is 4.34. The van der Waals surface area contributed by atoms with Gasteiger partial charge < -0.3 is 5.73 Å². The van der Waals surface area contributed by atoms with Crippen molar-refractivity contribution in [2.75, 3.05) is 0 Å². The molecule has 0 spiro atoms. The number of nitrogens with zero attached hydrogens (tertiary/aromatic N) is 2. The van der Waals surface area contributed by atoms with Crippen molar-refractivity contribution in [2.45, 2.75) is 31.2 Å². The number of nitrogens with two attached hydrogens (primary N) is 1. The third-order valence-electron chi connectivity index (χ3n) is 1.57. The Bertz CT molecular complexity index is 273. The molecule has 1 rings (SSSR count). The SMILES string of the molecule is CC(C)c1ncc(S)c(CN)n1. The Kier molecular flexibility index (Phi) is 3.05. The summed E-state index contributed by atoms with van der Waals surface area (Å²) < 4.78 is 0. The predicted molar refractivity (Wildman–Crippen MR) is 51.3 cm³/mol. The summed E-state index contributed by atoms with van der Waals surface area (Å²) >= 11 is 4.19. The van der Waals surface area contributed by atoms with E-state index in [0.29, 0.717) is 12.5 Å². The second kappa shape index (κ2) is 3.87. The van der Waals surface area contributed by atoms with Crippen LogP contribution in [0.2, 0.25) is 0 Å². The van der Waals surface area contributed by atoms with Gasteiger partial charge in [-0.1, -0.05) is 13.8 Å². The highest BCUT2D eigenvalue weighted by Gasteiger charge is 2.05. The maximum Gasteiger partial charge on any atom is 0.131 e. The van der Waals surface area contributed by atoms with E-state index in [9.17, 15) is 0 Å². The second-order valence-electron chi connectivity index (χ2n) is 2.92. The molecule has 0 aromatic carbocycles. The molecule has 0 aliphatic rings. The van der Waals surface area contributed by atoms with Gasteiger partial charge in [-0.05, 0) is 0 Å². The fourth-order valence-electron chi connectivity index (χ4n) is 0.855. The molecule has 3 nitrogen and oxygen atoms in total. The summed E-state index contributed by atoms with van der Waals surface area (Å²) in [5.74, 6) is 1.16. The zero-order chi connectivity index (χ0) is 9.14. The number of rotatable bonds is 2. The van der Waals surface area contributed by atoms with Crippen LogP contribution in [0, 0.1) is 0 Å². The van der Waals surface area contributed by atoms with E-state index in [4.69, 9.17) is 5.73 Å². The van der Waals surface area contributed by atoms with Crippen LogP contribution in [0.3, 0.4) is 0 Å². The van der Waals surface area contributed by atoms with Gasteiger partial charge in [0.1, 0.15) is 5.82 Å². The monoisotopic (exact) mass is 183 g/mol. The smallest absolute Gasteiger partial charge is 0.131 e. The van der Waals surface area contributed by atoms with Crippen LogP contribution >= 0.6 is 12.6 Å². The highest BCUT2D eigenvalue weighted by atomic mass is 32.1. The minimum absolute atomic E-state index is 0.337. The van der Waals surface area contributed by atoms with Crippen molar-refractivity contribution in [2.24, 2.45) is 5.73 Å². The van der Waals surface area contributed by atoms with E-state index in [1.807, 2.05) is 13.8 Å². The predicted octanol–water partition coefficient (Wildman–Crippen LogP) is 1.35. The molecule has 0 amide bonds. The van der Waals surface area contributed by atoms with Gasteiger partial charge in [0.25, 0.3) is 0 Å². The molecule has 0 unspecified atom stereocenters. The Morgan fingerprint density at radius 1 is 1.58 bits per heavy atom. The molecule has 0 fully saturated rings. The van der Waals surface area contributed by atoms with Crippen molar-refractivity contribution in [3.63, 3.8) is 0 Å². The van der Waals surface area contributed by atoms with Crippen LogP contribution in [0.25, 0.3) is 0 Å². The van der Waals surface area contributed by atoms with E-state index < -0.39 is 0 Å². The third kappa shape index (κ3) is 1.95. The summed E-state index contributed by atoms with van der Waals surface area (Å²) in [4.78, 5) is 9.19. The van der Waals surface area contributed by atoms with Gasteiger partial charge in [-0.25, -0.2) is 9.97 Å². The van der Waals surface area contributed by atoms with Crippen molar-refractivity contribution in [1.82, 2.24) is 9.97 Å². The Morgan fingerprint density at radius 2 is 2.25 bits per heavy atom. The van der Waals surface area contributed by atoms with Crippen molar-refractivity contribution in [3.05, 3.63) is 17.7 Å². The normalized spacial score (nSPS) is 10.8. The number of hydrogen-bond acceptors (Lipinski definition) is 4. The fraction of sp³-hybridized carbons (Fsp3) is 0.500. The molecular weight excluding hydrogens is 170 g/mol. The molecule has 1 aromatic heterocycles. The molecule has 2 N–H and O–H groups in total. The lowest BCUT2D eigenvalue weighted by Gasteiger charge is -2.06. The highest BCUT2D eigenvalue weighted by Crippen LogP contribution is 2.13. The Morgan fingerprint density at radius 3 is 2.75 bits per heavy atom. The zero-order valence-electron chi connectivity index (χ0n) is 7.28. The lowest BCUT2D eigenvalue weighted by Crippen LogP contribution is -2.06. The molecule has 1 heterocycles. The van der Waals surface area contributed by atoms with E-state index in [2.05, 4.69) is 22.6 Å². The average Bonchev–Trinajstić information content (AvgIpc) is 2.05. The van der Waals surface area contributed by atoms with Crippen LogP contribution in [0.5, 0.6) is 0 Å². The van der Waals surface area contributed by atoms with Crippen LogP contribution in [0.4, 0.5) is 0 Å². The van der Waals surface area contributed by atoms with Gasteiger partial charge in [0.15, 0.2) is 0 Å². The van der Waals surface area contributed by atoms with Crippen molar-refractivity contribution in [1.29, 1.82) is 0 Å². The van der Waals surface area contributed by atoms with Crippen LogP contribution < -0.4 is 5.73 Å². The van der Waals surface area contributed by atoms with Gasteiger partial charge in [0, 0.05) is 23.6 Å². The third-order valence-corrected chi connectivity index (χ3v) is 1.95. The summed E-state index contributed by atoms with van der Waals surface area (Å²) in [6, 6.07) is 0. The highest BCUT2D eigenvalue weighted by molar-refractivity contribution is 7.80. The first-order valence-electron chi connectivity index (χ1n) is 3.90. The summed E-state index contributed by atoms with van der Waals surface area (Å²) in [6.07, 6.45) is 1.70. The molecule has 0 atom stereocenters. The largest absolute Gasteiger partial charge is 0.325 e. The topological polar surface area (TPSA) is 51.8 Å². The molecule has 0 saturated heterocycles. The first-order chi connectivity index (χ1) is 5.65. The average molecular weight is 183 g/mol. The van der Waals surface area contributed by atoms with Crippen molar-refractivity contribution < 1.29 is 0 Å². The maximum atomic E-state index is 5.48. The molecule has 0 saturated carbocycles. The summed E-state index contributed by atoms with van der Waals surface area (Å²) in [6.45, 7) is 4.52. The van der Waals surface area contributed by atoms with E-state index in [0.717, 1.165) is 16.4 Å². The van der Waals surface area contributed by atoms with Gasteiger partial charge in [-0.3, -0.25) is 0 Å². The minimum atomic E-state index is 0.337. The van der Waals surface area contributed by atoms with Crippen LogP contribution in [-0.2, 0) is 6.54 Å². The molecule has 0 bridgehead atoms. The lowest BCUT2D eigenvalue weighted by molar-refractivity contribution is 0.742. The van der Waals surface area contributed by atoms with Crippen LogP contribution in [0.1, 0.15) is 31.3 Å². The molecule has 0 aliphatic heterocycles. The van der Waals surface area contributed by atoms with Crippen LogP contribution in [0.15, 0.2) is 11.1 Å². The Hall–Kier alpha value is -0.610. The van der Waals surface area contributed by atoms with E-state index >= 15 is 0 Å². The first kappa shape index (κ1) is 9.48. The minimum Gasteiger partial charge on any atom is -0.325 e. The molecule has 66 valence electrons. The zero-order valence-corrected chi connectivity index (χ0v) is 8.18. The second-order valence-corrected chi connectivity index (χ2v) is 3.40. The van der Waals surface area contributed by atoms with Crippen molar-refractivity contribution in [3.8, 4) is 0 Å². The van der Waals surface area contributed by atoms with Gasteiger partial charge in [0.2, 0.25) is 0 Å². The van der Waals surface area contributed by atoms with Gasteiger partial charge in [-0.15, -0.1) is 12.6 Å². The van der Waals surface area contributed by atoms with Gasteiger partial charge in [0.05, 0.1) is 5.69 Å². The standard InChI is InChI=1S/C8H13N3S/c1-5(2)8-10-4-7(12)6(3-9)11-8/h4-5,12H,3,9H2,1-2H3. The van der Waals surface area contributed by atoms with Gasteiger partial charge >= 0.3 is 0 Å². The molecule has 0 radical (unpaired) electrons. The lowest BCUT2D eigenvalue weighted by atomic mass is 10.2. The van der Waals surface area contributed by atoms with Crippen LogP contribution in [-0.4, -0.2) is 9.97 Å². The summed E-state index contributed by atoms with van der Waals surface area (Å²) in [7, 11) is 0. The Balaban J connectivity index is 3.05. The number of thiol groups is 1. The number of hydrogen-bond donors (Lipinski definition) is 2. The van der Waals surface area contributed by atoms with Crippen molar-refractivity contribution >= 4 is 12.6 Å². The molecule has 0 aliphatic carbocycles. The van der Waals surface area contributed by atoms with E-state index in [1.165, 1.54) is 0 Å². The summed E-state index contributed by atoms with van der Waals surface area (Å²) in [5.41, 5.74) is 6.30. The van der Waals surface area contributed by atoms with Gasteiger partial charge in [-0.2, -0.15) is 0 Å². The quantitative estimate of drug-likeness (QED) is 0.680. The summed E-state index contributed by atoms with van der Waals surface area (Å²) in [5, 5.41) is 0. The van der Waals surface area contributed by atoms with E-state index in [-0.39, 0.29) is 0 Å².